The topological polar surface area (TPSA) is 64.1 Å². The van der Waals surface area contributed by atoms with Crippen LogP contribution in [0.3, 0.4) is 0 Å². The molecule has 0 saturated heterocycles. The SMILES string of the molecule is CCSc1nnc(NC(=O)C=Cc2ccc(OC)cc2)s1. The molecule has 1 amide bonds. The zero-order valence-electron chi connectivity index (χ0n) is 11.7. The van der Waals surface area contributed by atoms with Gasteiger partial charge in [-0.15, -0.1) is 10.2 Å². The molecular weight excluding hydrogens is 306 g/mol. The molecule has 0 bridgehead atoms. The summed E-state index contributed by atoms with van der Waals surface area (Å²) in [7, 11) is 1.62. The highest BCUT2D eigenvalue weighted by Gasteiger charge is 2.05. The molecule has 0 saturated carbocycles. The van der Waals surface area contributed by atoms with Crippen LogP contribution >= 0.6 is 23.1 Å². The van der Waals surface area contributed by atoms with Crippen LogP contribution in [0.2, 0.25) is 0 Å². The first-order chi connectivity index (χ1) is 10.2. The molecule has 0 unspecified atom stereocenters. The van der Waals surface area contributed by atoms with Gasteiger partial charge in [-0.25, -0.2) is 0 Å². The summed E-state index contributed by atoms with van der Waals surface area (Å²) in [5.41, 5.74) is 0.922. The van der Waals surface area contributed by atoms with Crippen molar-refractivity contribution >= 4 is 40.2 Å². The Kier molecular flexibility index (Phi) is 5.77. The molecule has 0 fully saturated rings. The second kappa shape index (κ2) is 7.80. The smallest absolute Gasteiger partial charge is 0.250 e. The number of nitrogens with zero attached hydrogens (tertiary/aromatic N) is 2. The number of hydrogen-bond acceptors (Lipinski definition) is 6. The summed E-state index contributed by atoms with van der Waals surface area (Å²) in [4.78, 5) is 11.8. The van der Waals surface area contributed by atoms with Gasteiger partial charge in [0, 0.05) is 6.08 Å². The average Bonchev–Trinajstić information content (AvgIpc) is 2.93. The fraction of sp³-hybridized carbons (Fsp3) is 0.214. The monoisotopic (exact) mass is 321 g/mol. The lowest BCUT2D eigenvalue weighted by molar-refractivity contribution is -0.111. The fourth-order valence-corrected chi connectivity index (χ4v) is 3.13. The van der Waals surface area contributed by atoms with E-state index in [0.29, 0.717) is 5.13 Å². The highest BCUT2D eigenvalue weighted by molar-refractivity contribution is 8.01. The number of benzene rings is 1. The molecule has 110 valence electrons. The Labute approximate surface area is 131 Å². The van der Waals surface area contributed by atoms with Gasteiger partial charge < -0.3 is 4.74 Å². The van der Waals surface area contributed by atoms with Crippen molar-refractivity contribution in [2.45, 2.75) is 11.3 Å². The van der Waals surface area contributed by atoms with Crippen molar-refractivity contribution in [1.29, 1.82) is 0 Å². The van der Waals surface area contributed by atoms with Crippen LogP contribution in [0.15, 0.2) is 34.7 Å². The van der Waals surface area contributed by atoms with Gasteiger partial charge in [-0.1, -0.05) is 42.2 Å². The molecule has 1 aromatic carbocycles. The third-order valence-corrected chi connectivity index (χ3v) is 4.30. The van der Waals surface area contributed by atoms with Crippen LogP contribution in [0.5, 0.6) is 5.75 Å². The molecule has 0 atom stereocenters. The summed E-state index contributed by atoms with van der Waals surface area (Å²) in [5, 5.41) is 11.1. The molecular formula is C14H15N3O2S2. The maximum Gasteiger partial charge on any atom is 0.250 e. The molecule has 5 nitrogen and oxygen atoms in total. The summed E-state index contributed by atoms with van der Waals surface area (Å²) >= 11 is 2.97. The summed E-state index contributed by atoms with van der Waals surface area (Å²) in [6.45, 7) is 2.04. The first kappa shape index (κ1) is 15.5. The Morgan fingerprint density at radius 2 is 2.14 bits per heavy atom. The molecule has 0 aliphatic heterocycles. The predicted octanol–water partition coefficient (Wildman–Crippen LogP) is 3.31. The van der Waals surface area contributed by atoms with Crippen LogP contribution in [-0.2, 0) is 4.79 Å². The lowest BCUT2D eigenvalue weighted by atomic mass is 10.2. The van der Waals surface area contributed by atoms with Gasteiger partial charge in [-0.2, -0.15) is 0 Å². The Hall–Kier alpha value is -1.86. The Morgan fingerprint density at radius 1 is 1.38 bits per heavy atom. The molecule has 2 aromatic rings. The molecule has 0 aliphatic rings. The Balaban J connectivity index is 1.91. The van der Waals surface area contributed by atoms with E-state index < -0.39 is 0 Å². The van der Waals surface area contributed by atoms with E-state index in [1.165, 1.54) is 17.4 Å². The molecule has 7 heteroatoms. The maximum atomic E-state index is 11.8. The van der Waals surface area contributed by atoms with Crippen LogP contribution in [0.4, 0.5) is 5.13 Å². The largest absolute Gasteiger partial charge is 0.497 e. The van der Waals surface area contributed by atoms with Crippen molar-refractivity contribution in [3.63, 3.8) is 0 Å². The van der Waals surface area contributed by atoms with Crippen molar-refractivity contribution < 1.29 is 9.53 Å². The minimum atomic E-state index is -0.227. The Morgan fingerprint density at radius 3 is 2.81 bits per heavy atom. The summed E-state index contributed by atoms with van der Waals surface area (Å²) in [6.07, 6.45) is 3.20. The van der Waals surface area contributed by atoms with Gasteiger partial charge in [0.2, 0.25) is 11.0 Å². The first-order valence-electron chi connectivity index (χ1n) is 6.30. The molecule has 21 heavy (non-hydrogen) atoms. The van der Waals surface area contributed by atoms with Crippen molar-refractivity contribution in [1.82, 2.24) is 10.2 Å². The zero-order chi connectivity index (χ0) is 15.1. The van der Waals surface area contributed by atoms with Crippen LogP contribution in [0, 0.1) is 0 Å². The number of amides is 1. The fourth-order valence-electron chi connectivity index (χ4n) is 1.48. The summed E-state index contributed by atoms with van der Waals surface area (Å²) < 4.78 is 5.93. The van der Waals surface area contributed by atoms with Gasteiger partial charge in [0.05, 0.1) is 7.11 Å². The number of rotatable bonds is 6. The number of carbonyl (C=O) groups excluding carboxylic acids is 1. The molecule has 1 N–H and O–H groups in total. The van der Waals surface area contributed by atoms with Crippen molar-refractivity contribution in [2.75, 3.05) is 18.2 Å². The van der Waals surface area contributed by atoms with Crippen LogP contribution in [0.25, 0.3) is 6.08 Å². The lowest BCUT2D eigenvalue weighted by Crippen LogP contribution is -2.07. The second-order valence-corrected chi connectivity index (χ2v) is 6.39. The predicted molar refractivity (Wildman–Crippen MR) is 87.0 cm³/mol. The van der Waals surface area contributed by atoms with Gasteiger partial charge in [0.1, 0.15) is 5.75 Å². The molecule has 0 aliphatic carbocycles. The van der Waals surface area contributed by atoms with Crippen molar-refractivity contribution in [3.8, 4) is 5.75 Å². The number of anilines is 1. The highest BCUT2D eigenvalue weighted by Crippen LogP contribution is 2.24. The number of carbonyl (C=O) groups is 1. The van der Waals surface area contributed by atoms with Crippen molar-refractivity contribution in [3.05, 3.63) is 35.9 Å². The van der Waals surface area contributed by atoms with E-state index in [-0.39, 0.29) is 5.91 Å². The van der Waals surface area contributed by atoms with E-state index in [0.717, 1.165) is 21.4 Å². The summed E-state index contributed by atoms with van der Waals surface area (Å²) in [5.74, 6) is 1.49. The van der Waals surface area contributed by atoms with Crippen LogP contribution < -0.4 is 10.1 Å². The molecule has 0 spiro atoms. The standard InChI is InChI=1S/C14H15N3O2S2/c1-3-20-14-17-16-13(21-14)15-12(18)9-6-10-4-7-11(19-2)8-5-10/h4-9H,3H2,1-2H3,(H,15,16,18). The lowest BCUT2D eigenvalue weighted by Gasteiger charge is -1.99. The molecule has 1 heterocycles. The zero-order valence-corrected chi connectivity index (χ0v) is 13.3. The van der Waals surface area contributed by atoms with E-state index in [4.69, 9.17) is 4.74 Å². The third kappa shape index (κ3) is 4.87. The van der Waals surface area contributed by atoms with E-state index in [9.17, 15) is 4.79 Å². The summed E-state index contributed by atoms with van der Waals surface area (Å²) in [6, 6.07) is 7.44. The van der Waals surface area contributed by atoms with E-state index in [2.05, 4.69) is 15.5 Å². The number of thioether (sulfide) groups is 1. The average molecular weight is 321 g/mol. The molecule has 2 rings (SSSR count). The number of methoxy groups -OCH3 is 1. The number of hydrogen-bond donors (Lipinski definition) is 1. The normalized spacial score (nSPS) is 10.8. The van der Waals surface area contributed by atoms with E-state index in [1.54, 1.807) is 24.9 Å². The minimum Gasteiger partial charge on any atom is -0.497 e. The van der Waals surface area contributed by atoms with Crippen molar-refractivity contribution in [2.24, 2.45) is 0 Å². The number of ether oxygens (including phenoxy) is 1. The molecule has 1 aromatic heterocycles. The van der Waals surface area contributed by atoms with Crippen LogP contribution in [0.1, 0.15) is 12.5 Å². The third-order valence-electron chi connectivity index (χ3n) is 2.45. The van der Waals surface area contributed by atoms with Gasteiger partial charge in [-0.05, 0) is 29.5 Å². The van der Waals surface area contributed by atoms with Gasteiger partial charge in [0.25, 0.3) is 0 Å². The van der Waals surface area contributed by atoms with Gasteiger partial charge in [-0.3, -0.25) is 10.1 Å². The number of aromatic nitrogens is 2. The van der Waals surface area contributed by atoms with Crippen LogP contribution in [-0.4, -0.2) is 29.0 Å². The highest BCUT2D eigenvalue weighted by atomic mass is 32.2. The second-order valence-electron chi connectivity index (χ2n) is 3.90. The van der Waals surface area contributed by atoms with Gasteiger partial charge >= 0.3 is 0 Å². The van der Waals surface area contributed by atoms with Gasteiger partial charge in [0.15, 0.2) is 4.34 Å². The Bertz CT molecular complexity index is 623. The quantitative estimate of drug-likeness (QED) is 0.502. The van der Waals surface area contributed by atoms with E-state index >= 15 is 0 Å². The number of nitrogens with one attached hydrogen (secondary N) is 1. The molecule has 0 radical (unpaired) electrons. The first-order valence-corrected chi connectivity index (χ1v) is 8.11. The van der Waals surface area contributed by atoms with E-state index in [1.807, 2.05) is 31.2 Å². The maximum absolute atomic E-state index is 11.8. The minimum absolute atomic E-state index is 0.227.